The first-order chi connectivity index (χ1) is 7.00. The van der Waals surface area contributed by atoms with Gasteiger partial charge in [0.15, 0.2) is 0 Å². The van der Waals surface area contributed by atoms with Gasteiger partial charge in [-0.05, 0) is 50.5 Å². The molecule has 0 amide bonds. The third-order valence-electron chi connectivity index (χ3n) is 3.96. The first-order valence-corrected chi connectivity index (χ1v) is 6.71. The minimum atomic E-state index is 0.804. The predicted molar refractivity (Wildman–Crippen MR) is 68.1 cm³/mol. The second kappa shape index (κ2) is 5.89. The number of rotatable bonds is 4. The zero-order valence-corrected chi connectivity index (χ0v) is 11.3. The Balaban J connectivity index is 2.30. The second-order valence-electron chi connectivity index (χ2n) is 6.15. The van der Waals surface area contributed by atoms with Crippen LogP contribution in [0.15, 0.2) is 0 Å². The van der Waals surface area contributed by atoms with Gasteiger partial charge in [-0.3, -0.25) is 0 Å². The van der Waals surface area contributed by atoms with Gasteiger partial charge in [-0.2, -0.15) is 0 Å². The van der Waals surface area contributed by atoms with Crippen molar-refractivity contribution in [3.05, 3.63) is 0 Å². The van der Waals surface area contributed by atoms with Gasteiger partial charge in [0.1, 0.15) is 0 Å². The van der Waals surface area contributed by atoms with Gasteiger partial charge in [0.05, 0.1) is 0 Å². The second-order valence-corrected chi connectivity index (χ2v) is 6.15. The molecule has 1 aliphatic rings. The number of hydrogen-bond acceptors (Lipinski definition) is 1. The molecule has 0 unspecified atom stereocenters. The van der Waals surface area contributed by atoms with Crippen molar-refractivity contribution in [1.29, 1.82) is 0 Å². The fourth-order valence-electron chi connectivity index (χ4n) is 2.93. The molecule has 0 heterocycles. The minimum absolute atomic E-state index is 0.804. The largest absolute Gasteiger partial charge is 0.303 e. The van der Waals surface area contributed by atoms with Crippen LogP contribution in [0.5, 0.6) is 0 Å². The topological polar surface area (TPSA) is 3.24 Å². The molecule has 0 aliphatic heterocycles. The lowest BCUT2D eigenvalue weighted by Crippen LogP contribution is -2.37. The monoisotopic (exact) mass is 211 g/mol. The van der Waals surface area contributed by atoms with E-state index in [0.717, 1.165) is 23.8 Å². The van der Waals surface area contributed by atoms with Crippen LogP contribution in [0.25, 0.3) is 0 Å². The summed E-state index contributed by atoms with van der Waals surface area (Å²) in [6.07, 6.45) is 5.74. The number of nitrogens with zero attached hydrogens (tertiary/aromatic N) is 1. The zero-order chi connectivity index (χ0) is 11.4. The highest BCUT2D eigenvalue weighted by Gasteiger charge is 2.25. The third-order valence-corrected chi connectivity index (χ3v) is 3.96. The maximum Gasteiger partial charge on any atom is 0.00925 e. The van der Waals surface area contributed by atoms with Crippen LogP contribution in [0.1, 0.15) is 53.4 Å². The van der Waals surface area contributed by atoms with Crippen molar-refractivity contribution in [2.75, 3.05) is 13.6 Å². The van der Waals surface area contributed by atoms with E-state index in [1.807, 2.05) is 0 Å². The predicted octanol–water partition coefficient (Wildman–Crippen LogP) is 3.79. The van der Waals surface area contributed by atoms with Crippen LogP contribution in [0, 0.1) is 17.8 Å². The Bertz CT molecular complexity index is 166. The molecule has 15 heavy (non-hydrogen) atoms. The molecule has 0 radical (unpaired) electrons. The summed E-state index contributed by atoms with van der Waals surface area (Å²) in [4.78, 5) is 2.58. The van der Waals surface area contributed by atoms with Gasteiger partial charge < -0.3 is 4.90 Å². The molecule has 1 fully saturated rings. The van der Waals surface area contributed by atoms with Crippen molar-refractivity contribution < 1.29 is 0 Å². The van der Waals surface area contributed by atoms with Crippen LogP contribution in [0.3, 0.4) is 0 Å². The molecule has 0 N–H and O–H groups in total. The van der Waals surface area contributed by atoms with Gasteiger partial charge in [0.2, 0.25) is 0 Å². The van der Waals surface area contributed by atoms with E-state index in [1.54, 1.807) is 0 Å². The van der Waals surface area contributed by atoms with E-state index in [4.69, 9.17) is 0 Å². The summed E-state index contributed by atoms with van der Waals surface area (Å²) < 4.78 is 0. The van der Waals surface area contributed by atoms with Gasteiger partial charge in [0, 0.05) is 12.6 Å². The highest BCUT2D eigenvalue weighted by molar-refractivity contribution is 4.79. The molecular formula is C14H29N. The van der Waals surface area contributed by atoms with Gasteiger partial charge in [0.25, 0.3) is 0 Å². The van der Waals surface area contributed by atoms with Crippen molar-refractivity contribution >= 4 is 0 Å². The summed E-state index contributed by atoms with van der Waals surface area (Å²) in [6, 6.07) is 0.863. The molecule has 1 heteroatoms. The van der Waals surface area contributed by atoms with E-state index >= 15 is 0 Å². The lowest BCUT2D eigenvalue weighted by molar-refractivity contribution is 0.136. The molecule has 0 bridgehead atoms. The minimum Gasteiger partial charge on any atom is -0.303 e. The molecule has 1 aliphatic carbocycles. The summed E-state index contributed by atoms with van der Waals surface area (Å²) in [5.74, 6) is 2.69. The Hall–Kier alpha value is -0.0400. The Kier molecular flexibility index (Phi) is 5.11. The fourth-order valence-corrected chi connectivity index (χ4v) is 2.93. The smallest absolute Gasteiger partial charge is 0.00925 e. The first-order valence-electron chi connectivity index (χ1n) is 6.71. The summed E-state index contributed by atoms with van der Waals surface area (Å²) in [6.45, 7) is 10.6. The van der Waals surface area contributed by atoms with Crippen molar-refractivity contribution in [2.24, 2.45) is 17.8 Å². The lowest BCUT2D eigenvalue weighted by atomic mass is 9.79. The van der Waals surface area contributed by atoms with Crippen LogP contribution in [0.4, 0.5) is 0 Å². The van der Waals surface area contributed by atoms with E-state index in [9.17, 15) is 0 Å². The molecular weight excluding hydrogens is 182 g/mol. The normalized spacial score (nSPS) is 28.0. The highest BCUT2D eigenvalue weighted by Crippen LogP contribution is 2.31. The Morgan fingerprint density at radius 3 is 1.93 bits per heavy atom. The molecule has 1 nitrogen and oxygen atoms in total. The molecule has 1 rings (SSSR count). The summed E-state index contributed by atoms with van der Waals surface area (Å²) >= 11 is 0. The molecule has 0 aromatic rings. The van der Waals surface area contributed by atoms with Crippen molar-refractivity contribution in [3.8, 4) is 0 Å². The van der Waals surface area contributed by atoms with Crippen LogP contribution in [0.2, 0.25) is 0 Å². The molecule has 0 aromatic carbocycles. The molecule has 0 aromatic heterocycles. The van der Waals surface area contributed by atoms with E-state index < -0.39 is 0 Å². The fraction of sp³-hybridized carbons (Fsp3) is 1.00. The van der Waals surface area contributed by atoms with Crippen molar-refractivity contribution in [2.45, 2.75) is 59.4 Å². The molecule has 0 spiro atoms. The van der Waals surface area contributed by atoms with Crippen LogP contribution >= 0.6 is 0 Å². The Morgan fingerprint density at radius 2 is 1.53 bits per heavy atom. The average molecular weight is 211 g/mol. The SMILES string of the molecule is CC(C)CN(C)[C@H]1CC[C@H](C(C)C)CC1. The maximum absolute atomic E-state index is 2.58. The first kappa shape index (κ1) is 13.0. The molecule has 0 saturated heterocycles. The zero-order valence-electron chi connectivity index (χ0n) is 11.3. The van der Waals surface area contributed by atoms with E-state index in [1.165, 1.54) is 32.2 Å². The van der Waals surface area contributed by atoms with Crippen molar-refractivity contribution in [3.63, 3.8) is 0 Å². The van der Waals surface area contributed by atoms with Crippen LogP contribution in [-0.2, 0) is 0 Å². The van der Waals surface area contributed by atoms with E-state index in [0.29, 0.717) is 0 Å². The third kappa shape index (κ3) is 4.14. The average Bonchev–Trinajstić information content (AvgIpc) is 2.17. The highest BCUT2D eigenvalue weighted by atomic mass is 15.1. The standard InChI is InChI=1S/C14H29N/c1-11(2)10-15(5)14-8-6-13(7-9-14)12(3)4/h11-14H,6-10H2,1-5H3/t13-,14-. The lowest BCUT2D eigenvalue weighted by Gasteiger charge is -2.36. The Morgan fingerprint density at radius 1 is 1.00 bits per heavy atom. The molecule has 90 valence electrons. The van der Waals surface area contributed by atoms with E-state index in [2.05, 4.69) is 39.6 Å². The summed E-state index contributed by atoms with van der Waals surface area (Å²) in [7, 11) is 2.31. The summed E-state index contributed by atoms with van der Waals surface area (Å²) in [5, 5.41) is 0. The van der Waals surface area contributed by atoms with Gasteiger partial charge >= 0.3 is 0 Å². The summed E-state index contributed by atoms with van der Waals surface area (Å²) in [5.41, 5.74) is 0. The molecule has 1 saturated carbocycles. The van der Waals surface area contributed by atoms with Gasteiger partial charge in [-0.25, -0.2) is 0 Å². The molecule has 0 atom stereocenters. The maximum atomic E-state index is 2.58. The number of hydrogen-bond donors (Lipinski definition) is 0. The van der Waals surface area contributed by atoms with Crippen LogP contribution in [-0.4, -0.2) is 24.5 Å². The van der Waals surface area contributed by atoms with Crippen LogP contribution < -0.4 is 0 Å². The Labute approximate surface area is 96.2 Å². The quantitative estimate of drug-likeness (QED) is 0.684. The van der Waals surface area contributed by atoms with E-state index in [-0.39, 0.29) is 0 Å². The van der Waals surface area contributed by atoms with Crippen molar-refractivity contribution in [1.82, 2.24) is 4.90 Å². The van der Waals surface area contributed by atoms with Gasteiger partial charge in [-0.1, -0.05) is 27.7 Å². The van der Waals surface area contributed by atoms with Gasteiger partial charge in [-0.15, -0.1) is 0 Å².